The van der Waals surface area contributed by atoms with Gasteiger partial charge >= 0.3 is 0 Å². The van der Waals surface area contributed by atoms with E-state index in [2.05, 4.69) is 16.7 Å². The number of nitrogens with one attached hydrogen (secondary N) is 2. The maximum atomic E-state index is 12.5. The molecule has 2 N–H and O–H groups in total. The Morgan fingerprint density at radius 3 is 2.77 bits per heavy atom. The Bertz CT molecular complexity index is 1090. The molecule has 0 saturated heterocycles. The quantitative estimate of drug-likeness (QED) is 0.633. The fourth-order valence-corrected chi connectivity index (χ4v) is 4.61. The average Bonchev–Trinajstić information content (AvgIpc) is 2.69. The number of aryl methyl sites for hydroxylation is 1. The van der Waals surface area contributed by atoms with Crippen molar-refractivity contribution in [3.05, 3.63) is 73.7 Å². The number of carbonyl (C=O) groups excluding carboxylic acids is 2. The fourth-order valence-electron chi connectivity index (χ4n) is 3.19. The van der Waals surface area contributed by atoms with Crippen LogP contribution in [0.15, 0.2) is 47.0 Å². The summed E-state index contributed by atoms with van der Waals surface area (Å²) in [6.45, 7) is 3.92. The Morgan fingerprint density at radius 2 is 2.07 bits per heavy atom. The van der Waals surface area contributed by atoms with Gasteiger partial charge in [0, 0.05) is 28.1 Å². The number of amides is 2. The van der Waals surface area contributed by atoms with Crippen molar-refractivity contribution in [2.45, 2.75) is 26.2 Å². The summed E-state index contributed by atoms with van der Waals surface area (Å²) in [6.07, 6.45) is 0.100. The Hall–Kier alpha value is -2.46. The fraction of sp³-hybridized carbons (Fsp3) is 0.227. The van der Waals surface area contributed by atoms with Crippen LogP contribution in [0.4, 0.5) is 5.69 Å². The highest BCUT2D eigenvalue weighted by Crippen LogP contribution is 2.39. The number of nitrogens with zero attached hydrogens (tertiary/aromatic N) is 1. The van der Waals surface area contributed by atoms with Crippen LogP contribution in [0.2, 0.25) is 10.0 Å². The Balaban J connectivity index is 1.80. The summed E-state index contributed by atoms with van der Waals surface area (Å²) < 4.78 is 0. The molecule has 8 heteroatoms. The lowest BCUT2D eigenvalue weighted by atomic mass is 9.87. The third kappa shape index (κ3) is 4.99. The van der Waals surface area contributed by atoms with Crippen molar-refractivity contribution in [1.82, 2.24) is 5.32 Å². The topological polar surface area (TPSA) is 82.0 Å². The highest BCUT2D eigenvalue weighted by atomic mass is 35.5. The molecule has 1 aliphatic rings. The van der Waals surface area contributed by atoms with Crippen LogP contribution in [0.3, 0.4) is 0 Å². The van der Waals surface area contributed by atoms with Gasteiger partial charge in [-0.3, -0.25) is 9.59 Å². The van der Waals surface area contributed by atoms with Crippen LogP contribution in [-0.2, 0) is 9.59 Å². The molecular weight excluding hydrogens is 441 g/mol. The molecule has 2 amide bonds. The van der Waals surface area contributed by atoms with Gasteiger partial charge in [0.15, 0.2) is 0 Å². The lowest BCUT2D eigenvalue weighted by Crippen LogP contribution is -2.31. The van der Waals surface area contributed by atoms with Gasteiger partial charge in [0.2, 0.25) is 11.8 Å². The lowest BCUT2D eigenvalue weighted by molar-refractivity contribution is -0.121. The second kappa shape index (κ2) is 9.57. The molecule has 1 aliphatic heterocycles. The minimum absolute atomic E-state index is 0.0508. The third-order valence-corrected chi connectivity index (χ3v) is 6.50. The molecule has 0 spiro atoms. The highest BCUT2D eigenvalue weighted by molar-refractivity contribution is 8.03. The summed E-state index contributed by atoms with van der Waals surface area (Å²) in [5, 5.41) is 16.6. The van der Waals surface area contributed by atoms with Gasteiger partial charge < -0.3 is 10.6 Å². The number of allylic oxidation sites excluding steroid dienone is 1. The zero-order valence-electron chi connectivity index (χ0n) is 16.4. The number of carbonyl (C=O) groups is 2. The van der Waals surface area contributed by atoms with Gasteiger partial charge in [-0.2, -0.15) is 5.26 Å². The molecular formula is C22H19Cl2N3O2S. The highest BCUT2D eigenvalue weighted by Gasteiger charge is 2.31. The van der Waals surface area contributed by atoms with E-state index in [-0.39, 0.29) is 24.0 Å². The molecule has 0 fully saturated rings. The number of rotatable bonds is 5. The molecule has 0 saturated carbocycles. The molecule has 2 aromatic rings. The summed E-state index contributed by atoms with van der Waals surface area (Å²) in [7, 11) is 0. The Labute approximate surface area is 189 Å². The van der Waals surface area contributed by atoms with E-state index in [0.717, 1.165) is 28.6 Å². The zero-order valence-corrected chi connectivity index (χ0v) is 18.7. The number of anilines is 1. The monoisotopic (exact) mass is 459 g/mol. The van der Waals surface area contributed by atoms with Gasteiger partial charge in [-0.25, -0.2) is 0 Å². The van der Waals surface area contributed by atoms with Crippen molar-refractivity contribution in [3.8, 4) is 6.07 Å². The van der Waals surface area contributed by atoms with E-state index in [1.54, 1.807) is 18.2 Å². The average molecular weight is 460 g/mol. The van der Waals surface area contributed by atoms with Gasteiger partial charge in [-0.05, 0) is 48.7 Å². The van der Waals surface area contributed by atoms with E-state index >= 15 is 0 Å². The minimum Gasteiger partial charge on any atom is -0.325 e. The van der Waals surface area contributed by atoms with Gasteiger partial charge in [-0.15, -0.1) is 0 Å². The van der Waals surface area contributed by atoms with E-state index in [0.29, 0.717) is 26.2 Å². The summed E-state index contributed by atoms with van der Waals surface area (Å²) >= 11 is 13.4. The summed E-state index contributed by atoms with van der Waals surface area (Å²) in [6, 6.07) is 12.9. The second-order valence-electron chi connectivity index (χ2n) is 6.91. The molecule has 1 heterocycles. The van der Waals surface area contributed by atoms with Crippen molar-refractivity contribution < 1.29 is 9.59 Å². The van der Waals surface area contributed by atoms with Crippen LogP contribution in [0.5, 0.6) is 0 Å². The summed E-state index contributed by atoms with van der Waals surface area (Å²) in [5.41, 5.74) is 3.86. The molecule has 2 aromatic carbocycles. The Kier molecular flexibility index (Phi) is 7.09. The normalized spacial score (nSPS) is 16.1. The molecule has 3 rings (SSSR count). The zero-order chi connectivity index (χ0) is 21.8. The SMILES string of the molecule is Cc1cccc(NC(=O)CSC2=C(C#N)[C@@H](c3ccc(Cl)cc3Cl)CC(=O)N2)c1C. The first-order chi connectivity index (χ1) is 14.3. The number of nitriles is 1. The van der Waals surface area contributed by atoms with Crippen molar-refractivity contribution >= 4 is 52.5 Å². The molecule has 0 aliphatic carbocycles. The maximum absolute atomic E-state index is 12.5. The summed E-state index contributed by atoms with van der Waals surface area (Å²) in [5.74, 6) is -0.894. The predicted molar refractivity (Wildman–Crippen MR) is 122 cm³/mol. The van der Waals surface area contributed by atoms with Crippen LogP contribution in [0.25, 0.3) is 0 Å². The van der Waals surface area contributed by atoms with E-state index in [1.807, 2.05) is 32.0 Å². The molecule has 0 radical (unpaired) electrons. The first-order valence-electron chi connectivity index (χ1n) is 9.18. The molecule has 154 valence electrons. The molecule has 0 bridgehead atoms. The molecule has 30 heavy (non-hydrogen) atoms. The largest absolute Gasteiger partial charge is 0.325 e. The number of halogens is 2. The number of hydrogen-bond donors (Lipinski definition) is 2. The van der Waals surface area contributed by atoms with Crippen LogP contribution < -0.4 is 10.6 Å². The van der Waals surface area contributed by atoms with Gasteiger partial charge in [0.1, 0.15) is 0 Å². The first-order valence-corrected chi connectivity index (χ1v) is 10.9. The van der Waals surface area contributed by atoms with E-state index in [4.69, 9.17) is 23.2 Å². The number of hydrogen-bond acceptors (Lipinski definition) is 4. The van der Waals surface area contributed by atoms with Crippen LogP contribution in [-0.4, -0.2) is 17.6 Å². The first kappa shape index (κ1) is 22.2. The molecule has 5 nitrogen and oxygen atoms in total. The molecule has 0 unspecified atom stereocenters. The van der Waals surface area contributed by atoms with Crippen LogP contribution in [0, 0.1) is 25.2 Å². The van der Waals surface area contributed by atoms with Crippen molar-refractivity contribution in [2.75, 3.05) is 11.1 Å². The predicted octanol–water partition coefficient (Wildman–Crippen LogP) is 5.32. The lowest BCUT2D eigenvalue weighted by Gasteiger charge is -2.25. The van der Waals surface area contributed by atoms with Crippen molar-refractivity contribution in [3.63, 3.8) is 0 Å². The minimum atomic E-state index is -0.488. The van der Waals surface area contributed by atoms with Gasteiger partial charge in [-0.1, -0.05) is 53.2 Å². The third-order valence-electron chi connectivity index (χ3n) is 4.92. The van der Waals surface area contributed by atoms with Crippen LogP contribution in [0.1, 0.15) is 29.0 Å². The second-order valence-corrected chi connectivity index (χ2v) is 8.74. The van der Waals surface area contributed by atoms with E-state index in [1.165, 1.54) is 0 Å². The van der Waals surface area contributed by atoms with Gasteiger partial charge in [0.05, 0.1) is 22.4 Å². The van der Waals surface area contributed by atoms with E-state index < -0.39 is 5.92 Å². The number of thioether (sulfide) groups is 1. The molecule has 0 aromatic heterocycles. The molecule has 1 atom stereocenters. The number of benzene rings is 2. The van der Waals surface area contributed by atoms with Crippen molar-refractivity contribution in [1.29, 1.82) is 5.26 Å². The maximum Gasteiger partial charge on any atom is 0.234 e. The summed E-state index contributed by atoms with van der Waals surface area (Å²) in [4.78, 5) is 24.7. The Morgan fingerprint density at radius 1 is 1.30 bits per heavy atom. The van der Waals surface area contributed by atoms with Crippen molar-refractivity contribution in [2.24, 2.45) is 0 Å². The van der Waals surface area contributed by atoms with E-state index in [9.17, 15) is 14.9 Å². The smallest absolute Gasteiger partial charge is 0.234 e. The van der Waals surface area contributed by atoms with Crippen LogP contribution >= 0.6 is 35.0 Å². The standard InChI is InChI=1S/C22H19Cl2N3O2S/c1-12-4-3-5-19(13(12)2)26-21(29)11-30-22-17(10-25)16(9-20(28)27-22)15-7-6-14(23)8-18(15)24/h3-8,16H,9,11H2,1-2H3,(H,26,29)(H,27,28)/t16-/m1/s1. The van der Waals surface area contributed by atoms with Gasteiger partial charge in [0.25, 0.3) is 0 Å².